The lowest BCUT2D eigenvalue weighted by molar-refractivity contribution is -0.141. The van der Waals surface area contributed by atoms with Crippen molar-refractivity contribution >= 4 is 17.4 Å². The maximum Gasteiger partial charge on any atom is 0.434 e. The lowest BCUT2D eigenvalue weighted by atomic mass is 9.99. The van der Waals surface area contributed by atoms with E-state index in [0.29, 0.717) is 44.0 Å². The van der Waals surface area contributed by atoms with Gasteiger partial charge >= 0.3 is 12.4 Å². The Morgan fingerprint density at radius 1 is 1.21 bits per heavy atom. The van der Waals surface area contributed by atoms with Gasteiger partial charge in [-0.2, -0.15) is 31.4 Å². The Bertz CT molecular complexity index is 1220. The molecule has 0 aliphatic carbocycles. The number of halogens is 6. The third kappa shape index (κ3) is 6.16. The van der Waals surface area contributed by atoms with E-state index in [-0.39, 0.29) is 31.6 Å². The van der Waals surface area contributed by atoms with Crippen molar-refractivity contribution in [2.24, 2.45) is 0 Å². The van der Waals surface area contributed by atoms with E-state index in [4.69, 9.17) is 4.74 Å². The van der Waals surface area contributed by atoms with E-state index in [9.17, 15) is 35.9 Å². The first-order chi connectivity index (χ1) is 17.8. The molecule has 1 amide bonds. The van der Waals surface area contributed by atoms with Crippen LogP contribution in [0.3, 0.4) is 0 Å². The van der Waals surface area contributed by atoms with Crippen LogP contribution < -0.4 is 15.8 Å². The zero-order chi connectivity index (χ0) is 27.7. The van der Waals surface area contributed by atoms with Crippen molar-refractivity contribution < 1.29 is 35.9 Å². The lowest BCUT2D eigenvalue weighted by Gasteiger charge is -2.45. The number of nitrogens with zero attached hydrogens (tertiary/aromatic N) is 5. The molecule has 16 heteroatoms. The number of H-pyrrole nitrogens is 1. The first-order valence-electron chi connectivity index (χ1n) is 11.8. The predicted octanol–water partition coefficient (Wildman–Crippen LogP) is 2.47. The number of hydrogen-bond donors (Lipinski definition) is 2. The van der Waals surface area contributed by atoms with E-state index in [1.807, 2.05) is 4.90 Å². The van der Waals surface area contributed by atoms with Gasteiger partial charge in [0, 0.05) is 31.7 Å². The van der Waals surface area contributed by atoms with Crippen molar-refractivity contribution in [2.45, 2.75) is 50.6 Å². The molecule has 2 aromatic heterocycles. The third-order valence-electron chi connectivity index (χ3n) is 6.30. The zero-order valence-corrected chi connectivity index (χ0v) is 20.2. The van der Waals surface area contributed by atoms with Crippen molar-refractivity contribution in [1.82, 2.24) is 25.1 Å². The number of aromatic nitrogens is 4. The number of fused-ring (bicyclic) bond motifs is 3. The number of rotatable bonds is 7. The number of nitrogens with one attached hydrogen (secondary N) is 2. The summed E-state index contributed by atoms with van der Waals surface area (Å²) in [7, 11) is 0. The Labute approximate surface area is 212 Å². The molecule has 0 bridgehead atoms. The molecule has 0 aromatic carbocycles. The molecule has 38 heavy (non-hydrogen) atoms. The Morgan fingerprint density at radius 3 is 2.68 bits per heavy atom. The summed E-state index contributed by atoms with van der Waals surface area (Å²) >= 11 is 0. The van der Waals surface area contributed by atoms with Gasteiger partial charge in [-0.25, -0.2) is 15.1 Å². The maximum absolute atomic E-state index is 13.2. The van der Waals surface area contributed by atoms with E-state index in [1.54, 1.807) is 16.9 Å². The highest BCUT2D eigenvalue weighted by Gasteiger charge is 2.39. The largest absolute Gasteiger partial charge is 0.434 e. The summed E-state index contributed by atoms with van der Waals surface area (Å²) in [6.07, 6.45) is -6.94. The van der Waals surface area contributed by atoms with Crippen LogP contribution in [-0.4, -0.2) is 75.9 Å². The second-order valence-corrected chi connectivity index (χ2v) is 9.10. The lowest BCUT2D eigenvalue weighted by Crippen LogP contribution is -2.57. The molecule has 2 aliphatic rings. The van der Waals surface area contributed by atoms with E-state index < -0.39 is 40.9 Å². The number of alkyl halides is 6. The van der Waals surface area contributed by atoms with Crippen LogP contribution in [0.25, 0.3) is 0 Å². The van der Waals surface area contributed by atoms with Crippen LogP contribution in [0.2, 0.25) is 0 Å². The summed E-state index contributed by atoms with van der Waals surface area (Å²) < 4.78 is 83.8. The smallest absolute Gasteiger partial charge is 0.379 e. The number of aryl methyl sites for hydroxylation is 1. The fraction of sp³-hybridized carbons (Fsp3) is 0.591. The number of piperazine rings is 1. The molecule has 2 aromatic rings. The van der Waals surface area contributed by atoms with Crippen molar-refractivity contribution in [3.05, 3.63) is 39.7 Å². The number of aromatic amines is 1. The molecule has 2 aliphatic heterocycles. The molecule has 0 spiro atoms. The highest BCUT2D eigenvalue weighted by atomic mass is 19.4. The molecular formula is C22H25F6N7O3. The second kappa shape index (κ2) is 10.7. The van der Waals surface area contributed by atoms with Crippen LogP contribution in [-0.2, 0) is 28.3 Å². The van der Waals surface area contributed by atoms with Crippen molar-refractivity contribution in [2.75, 3.05) is 43.1 Å². The molecule has 10 nitrogen and oxygen atoms in total. The second-order valence-electron chi connectivity index (χ2n) is 9.10. The minimum atomic E-state index is -4.87. The van der Waals surface area contributed by atoms with Gasteiger partial charge in [-0.3, -0.25) is 9.59 Å². The van der Waals surface area contributed by atoms with Gasteiger partial charge in [-0.05, 0) is 19.8 Å². The minimum absolute atomic E-state index is 0.0247. The van der Waals surface area contributed by atoms with E-state index in [1.165, 1.54) is 0 Å². The van der Waals surface area contributed by atoms with Crippen LogP contribution >= 0.6 is 0 Å². The maximum atomic E-state index is 13.2. The minimum Gasteiger partial charge on any atom is -0.379 e. The normalized spacial score (nSPS) is 18.6. The van der Waals surface area contributed by atoms with Gasteiger partial charge < -0.3 is 19.9 Å². The highest BCUT2D eigenvalue weighted by molar-refractivity contribution is 5.76. The SMILES string of the molecule is C[C@@H](COCCC(=O)N1CCN2c3ncc(C(F)(F)F)nc3CC[C@H]2C1)Nc1cn[nH]c(=O)c1C(F)(F)F. The quantitative estimate of drug-likeness (QED) is 0.400. The summed E-state index contributed by atoms with van der Waals surface area (Å²) in [6.45, 7) is 2.70. The highest BCUT2D eigenvalue weighted by Crippen LogP contribution is 2.34. The van der Waals surface area contributed by atoms with E-state index in [2.05, 4.69) is 20.4 Å². The summed E-state index contributed by atoms with van der Waals surface area (Å²) in [5.41, 5.74) is -3.94. The molecule has 0 unspecified atom stereocenters. The molecule has 0 radical (unpaired) electrons. The zero-order valence-electron chi connectivity index (χ0n) is 20.2. The fourth-order valence-electron chi connectivity index (χ4n) is 4.55. The number of anilines is 2. The molecule has 0 saturated carbocycles. The van der Waals surface area contributed by atoms with Crippen LogP contribution in [0.1, 0.15) is 36.7 Å². The van der Waals surface area contributed by atoms with Gasteiger partial charge in [0.25, 0.3) is 5.56 Å². The number of amides is 1. The third-order valence-corrected chi connectivity index (χ3v) is 6.30. The standard InChI is InChI=1S/C22H25F6N7O3/c1-12(31-15-8-30-33-20(37)18(15)22(26,27)28)11-38-7-4-17(36)34-5-6-35-13(10-34)2-3-14-19(35)29-9-16(32-14)21(23,24)25/h8-9,12-13H,2-7,10-11H2,1H3,(H2,31,33,37)/t12-,13-/m0/s1. The van der Waals surface area contributed by atoms with E-state index in [0.717, 1.165) is 12.4 Å². The molecule has 208 valence electrons. The molecule has 2 atom stereocenters. The predicted molar refractivity (Wildman–Crippen MR) is 121 cm³/mol. The molecular weight excluding hydrogens is 524 g/mol. The van der Waals surface area contributed by atoms with Gasteiger partial charge in [0.15, 0.2) is 11.5 Å². The summed E-state index contributed by atoms with van der Waals surface area (Å²) in [5, 5.41) is 7.71. The summed E-state index contributed by atoms with van der Waals surface area (Å²) in [6, 6.07) is -0.707. The summed E-state index contributed by atoms with van der Waals surface area (Å²) in [4.78, 5) is 35.5. The average molecular weight is 549 g/mol. The van der Waals surface area contributed by atoms with Gasteiger partial charge in [0.05, 0.1) is 43.4 Å². The van der Waals surface area contributed by atoms with Crippen LogP contribution in [0.5, 0.6) is 0 Å². The molecule has 4 rings (SSSR count). The van der Waals surface area contributed by atoms with Gasteiger partial charge in [-0.1, -0.05) is 0 Å². The Kier molecular flexibility index (Phi) is 7.80. The Morgan fingerprint density at radius 2 is 1.97 bits per heavy atom. The fourth-order valence-corrected chi connectivity index (χ4v) is 4.55. The average Bonchev–Trinajstić information content (AvgIpc) is 2.84. The molecule has 1 fully saturated rings. The van der Waals surface area contributed by atoms with Crippen LogP contribution in [0.4, 0.5) is 37.8 Å². The number of hydrogen-bond acceptors (Lipinski definition) is 8. The molecule has 4 heterocycles. The monoisotopic (exact) mass is 549 g/mol. The summed E-state index contributed by atoms with van der Waals surface area (Å²) in [5.74, 6) is 0.239. The first kappa shape index (κ1) is 27.6. The number of ether oxygens (including phenoxy) is 1. The van der Waals surface area contributed by atoms with Gasteiger partial charge in [0.2, 0.25) is 5.91 Å². The first-order valence-corrected chi connectivity index (χ1v) is 11.8. The van der Waals surface area contributed by atoms with E-state index >= 15 is 0 Å². The molecule has 2 N–H and O–H groups in total. The van der Waals surface area contributed by atoms with Crippen molar-refractivity contribution in [3.8, 4) is 0 Å². The van der Waals surface area contributed by atoms with Crippen molar-refractivity contribution in [1.29, 1.82) is 0 Å². The van der Waals surface area contributed by atoms with Crippen LogP contribution in [0, 0.1) is 0 Å². The van der Waals surface area contributed by atoms with Gasteiger partial charge in [0.1, 0.15) is 5.56 Å². The Hall–Kier alpha value is -3.43. The topological polar surface area (TPSA) is 116 Å². The van der Waals surface area contributed by atoms with Crippen LogP contribution in [0.15, 0.2) is 17.2 Å². The number of carbonyl (C=O) groups excluding carboxylic acids is 1. The number of carbonyl (C=O) groups is 1. The Balaban J connectivity index is 1.24. The van der Waals surface area contributed by atoms with Gasteiger partial charge in [-0.15, -0.1) is 0 Å². The van der Waals surface area contributed by atoms with Crippen molar-refractivity contribution in [3.63, 3.8) is 0 Å². The molecule has 1 saturated heterocycles.